The molecule has 0 bridgehead atoms. The number of nitrogens with zero attached hydrogens (tertiary/aromatic N) is 2. The molecule has 0 atom stereocenters. The van der Waals surface area contributed by atoms with Gasteiger partial charge in [-0.15, -0.1) is 11.3 Å². The van der Waals surface area contributed by atoms with Gasteiger partial charge >= 0.3 is 0 Å². The molecule has 0 unspecified atom stereocenters. The van der Waals surface area contributed by atoms with E-state index in [1.807, 2.05) is 6.92 Å². The second kappa shape index (κ2) is 7.69. The summed E-state index contributed by atoms with van der Waals surface area (Å²) in [5.41, 5.74) is 2.18. The number of aryl methyl sites for hydroxylation is 1. The molecule has 1 aliphatic rings. The second-order valence-electron chi connectivity index (χ2n) is 6.66. The van der Waals surface area contributed by atoms with Gasteiger partial charge in [0.05, 0.1) is 16.3 Å². The van der Waals surface area contributed by atoms with Crippen molar-refractivity contribution in [3.63, 3.8) is 0 Å². The van der Waals surface area contributed by atoms with Crippen molar-refractivity contribution < 1.29 is 22.3 Å². The number of halogens is 1. The molecule has 2 heterocycles. The van der Waals surface area contributed by atoms with Crippen LogP contribution in [0.1, 0.15) is 12.5 Å². The molecule has 156 valence electrons. The SMILES string of the molecule is CCN1C(=O)COc2ccc(-c3csc(NS(=O)(=O)c4ccc(F)c(C)c4)n3)cc21. The zero-order chi connectivity index (χ0) is 21.5. The number of sulfonamides is 1. The number of carbonyl (C=O) groups excluding carboxylic acids is 1. The van der Waals surface area contributed by atoms with Crippen molar-refractivity contribution in [3.8, 4) is 17.0 Å². The molecule has 0 fully saturated rings. The predicted molar refractivity (Wildman–Crippen MR) is 113 cm³/mol. The maximum absolute atomic E-state index is 13.4. The van der Waals surface area contributed by atoms with Gasteiger partial charge in [-0.1, -0.05) is 0 Å². The van der Waals surface area contributed by atoms with Crippen LogP contribution in [0.3, 0.4) is 0 Å². The van der Waals surface area contributed by atoms with Crippen molar-refractivity contribution in [1.82, 2.24) is 4.98 Å². The van der Waals surface area contributed by atoms with Crippen LogP contribution in [0.15, 0.2) is 46.7 Å². The van der Waals surface area contributed by atoms with Crippen molar-refractivity contribution in [3.05, 3.63) is 53.2 Å². The van der Waals surface area contributed by atoms with E-state index in [0.29, 0.717) is 23.7 Å². The van der Waals surface area contributed by atoms with Gasteiger partial charge in [-0.2, -0.15) is 0 Å². The summed E-state index contributed by atoms with van der Waals surface area (Å²) in [6, 6.07) is 8.97. The first-order chi connectivity index (χ1) is 14.3. The number of aromatic nitrogens is 1. The first-order valence-corrected chi connectivity index (χ1v) is 11.5. The lowest BCUT2D eigenvalue weighted by molar-refractivity contribution is -0.121. The van der Waals surface area contributed by atoms with Gasteiger partial charge in [0, 0.05) is 17.5 Å². The lowest BCUT2D eigenvalue weighted by Gasteiger charge is -2.28. The fourth-order valence-electron chi connectivity index (χ4n) is 3.12. The number of anilines is 2. The average molecular weight is 448 g/mol. The number of benzene rings is 2. The van der Waals surface area contributed by atoms with Crippen LogP contribution < -0.4 is 14.4 Å². The number of rotatable bonds is 5. The van der Waals surface area contributed by atoms with Gasteiger partial charge in [-0.05, 0) is 55.8 Å². The van der Waals surface area contributed by atoms with Gasteiger partial charge in [0.25, 0.3) is 15.9 Å². The van der Waals surface area contributed by atoms with Gasteiger partial charge < -0.3 is 9.64 Å². The summed E-state index contributed by atoms with van der Waals surface area (Å²) in [6.07, 6.45) is 0. The highest BCUT2D eigenvalue weighted by Crippen LogP contribution is 2.37. The summed E-state index contributed by atoms with van der Waals surface area (Å²) < 4.78 is 46.5. The van der Waals surface area contributed by atoms with Crippen molar-refractivity contribution in [2.24, 2.45) is 0 Å². The molecule has 1 aliphatic heterocycles. The van der Waals surface area contributed by atoms with Crippen molar-refractivity contribution in [2.45, 2.75) is 18.7 Å². The number of nitrogens with one attached hydrogen (secondary N) is 1. The zero-order valence-corrected chi connectivity index (χ0v) is 17.8. The van der Waals surface area contributed by atoms with Crippen molar-refractivity contribution in [1.29, 1.82) is 0 Å². The minimum atomic E-state index is -3.90. The zero-order valence-electron chi connectivity index (χ0n) is 16.2. The summed E-state index contributed by atoms with van der Waals surface area (Å²) in [5, 5.41) is 1.90. The summed E-state index contributed by atoms with van der Waals surface area (Å²) in [5.74, 6) is 0.0213. The molecule has 7 nitrogen and oxygen atoms in total. The lowest BCUT2D eigenvalue weighted by Crippen LogP contribution is -2.38. The maximum Gasteiger partial charge on any atom is 0.265 e. The van der Waals surface area contributed by atoms with Crippen LogP contribution in [-0.2, 0) is 14.8 Å². The Kier molecular flexibility index (Phi) is 5.20. The number of likely N-dealkylation sites (N-methyl/N-ethyl adjacent to an activating group) is 1. The van der Waals surface area contributed by atoms with Crippen LogP contribution in [0.2, 0.25) is 0 Å². The quantitative estimate of drug-likeness (QED) is 0.643. The summed E-state index contributed by atoms with van der Waals surface area (Å²) in [4.78, 5) is 18.0. The van der Waals surface area contributed by atoms with E-state index in [1.54, 1.807) is 28.5 Å². The fourth-order valence-corrected chi connectivity index (χ4v) is 5.18. The third-order valence-electron chi connectivity index (χ3n) is 4.68. The van der Waals surface area contributed by atoms with E-state index in [2.05, 4.69) is 9.71 Å². The summed E-state index contributed by atoms with van der Waals surface area (Å²) >= 11 is 1.13. The largest absolute Gasteiger partial charge is 0.482 e. The molecule has 1 amide bonds. The Balaban J connectivity index is 1.61. The van der Waals surface area contributed by atoms with Gasteiger partial charge in [-0.3, -0.25) is 9.52 Å². The molecule has 0 aliphatic carbocycles. The van der Waals surface area contributed by atoms with Crippen LogP contribution in [0.25, 0.3) is 11.3 Å². The van der Waals surface area contributed by atoms with E-state index in [4.69, 9.17) is 4.74 Å². The highest BCUT2D eigenvalue weighted by molar-refractivity contribution is 7.93. The lowest BCUT2D eigenvalue weighted by atomic mass is 10.1. The van der Waals surface area contributed by atoms with E-state index < -0.39 is 15.8 Å². The predicted octanol–water partition coefficient (Wildman–Crippen LogP) is 3.80. The Morgan fingerprint density at radius 2 is 2.07 bits per heavy atom. The second-order valence-corrected chi connectivity index (χ2v) is 9.20. The molecule has 10 heteroatoms. The van der Waals surface area contributed by atoms with E-state index >= 15 is 0 Å². The van der Waals surface area contributed by atoms with Crippen LogP contribution in [0.4, 0.5) is 15.2 Å². The topological polar surface area (TPSA) is 88.6 Å². The first-order valence-electron chi connectivity index (χ1n) is 9.10. The Labute approximate surface area is 177 Å². The van der Waals surface area contributed by atoms with E-state index in [0.717, 1.165) is 23.0 Å². The summed E-state index contributed by atoms with van der Waals surface area (Å²) in [6.45, 7) is 3.90. The van der Waals surface area contributed by atoms with E-state index in [-0.39, 0.29) is 28.1 Å². The number of ether oxygens (including phenoxy) is 1. The third-order valence-corrected chi connectivity index (χ3v) is 6.90. The van der Waals surface area contributed by atoms with Gasteiger partial charge in [0.1, 0.15) is 11.6 Å². The number of amides is 1. The number of hydrogen-bond donors (Lipinski definition) is 1. The van der Waals surface area contributed by atoms with Crippen molar-refractivity contribution in [2.75, 3.05) is 22.8 Å². The van der Waals surface area contributed by atoms with Crippen LogP contribution in [0, 0.1) is 12.7 Å². The molecule has 2 aromatic carbocycles. The first kappa shape index (κ1) is 20.3. The van der Waals surface area contributed by atoms with Crippen molar-refractivity contribution >= 4 is 38.1 Å². The smallest absolute Gasteiger partial charge is 0.265 e. The molecule has 0 saturated carbocycles. The molecule has 1 aromatic heterocycles. The minimum absolute atomic E-state index is 0.00563. The van der Waals surface area contributed by atoms with Crippen LogP contribution in [-0.4, -0.2) is 32.5 Å². The highest BCUT2D eigenvalue weighted by Gasteiger charge is 2.25. The Morgan fingerprint density at radius 1 is 1.27 bits per heavy atom. The molecule has 1 N–H and O–H groups in total. The Bertz CT molecular complexity index is 1240. The molecule has 30 heavy (non-hydrogen) atoms. The van der Waals surface area contributed by atoms with E-state index in [1.165, 1.54) is 19.1 Å². The molecule has 0 spiro atoms. The normalized spacial score (nSPS) is 13.7. The monoisotopic (exact) mass is 447 g/mol. The average Bonchev–Trinajstić information content (AvgIpc) is 3.17. The van der Waals surface area contributed by atoms with Gasteiger partial charge in [0.15, 0.2) is 11.7 Å². The maximum atomic E-state index is 13.4. The molecule has 3 aromatic rings. The number of thiazole rings is 1. The Morgan fingerprint density at radius 3 is 2.80 bits per heavy atom. The number of hydrogen-bond acceptors (Lipinski definition) is 6. The summed E-state index contributed by atoms with van der Waals surface area (Å²) in [7, 11) is -3.90. The number of fused-ring (bicyclic) bond motifs is 1. The number of carbonyl (C=O) groups is 1. The molecular weight excluding hydrogens is 429 g/mol. The molecule has 0 saturated heterocycles. The van der Waals surface area contributed by atoms with Crippen LogP contribution in [0.5, 0.6) is 5.75 Å². The standard InChI is InChI=1S/C20H18FN3O4S2/c1-3-24-17-9-13(4-7-18(17)28-10-19(24)25)16-11-29-20(22-16)23-30(26,27)14-5-6-15(21)12(2)8-14/h4-9,11H,3,10H2,1-2H3,(H,22,23). The van der Waals surface area contributed by atoms with Gasteiger partial charge in [-0.25, -0.2) is 17.8 Å². The van der Waals surface area contributed by atoms with Gasteiger partial charge in [0.2, 0.25) is 0 Å². The third kappa shape index (κ3) is 3.75. The highest BCUT2D eigenvalue weighted by atomic mass is 32.2. The minimum Gasteiger partial charge on any atom is -0.482 e. The fraction of sp³-hybridized carbons (Fsp3) is 0.200. The molecule has 0 radical (unpaired) electrons. The molecular formula is C20H18FN3O4S2. The van der Waals surface area contributed by atoms with E-state index in [9.17, 15) is 17.6 Å². The van der Waals surface area contributed by atoms with Crippen LogP contribution >= 0.6 is 11.3 Å². The molecule has 4 rings (SSSR count). The Hall–Kier alpha value is -2.98.